The van der Waals surface area contributed by atoms with E-state index in [1.165, 1.54) is 10.6 Å². The molecular formula is C10H16N4O2. The minimum atomic E-state index is -0.346. The maximum Gasteiger partial charge on any atom is 0.332 e. The molecule has 6 nitrogen and oxygen atoms in total. The minimum absolute atomic E-state index is 0.323. The van der Waals surface area contributed by atoms with Gasteiger partial charge in [-0.3, -0.25) is 13.9 Å². The van der Waals surface area contributed by atoms with Gasteiger partial charge in [0, 0.05) is 33.8 Å². The summed E-state index contributed by atoms with van der Waals surface area (Å²) in [6.45, 7) is 2.12. The molecule has 1 heterocycles. The zero-order chi connectivity index (χ0) is 12.3. The van der Waals surface area contributed by atoms with Crippen LogP contribution in [-0.4, -0.2) is 34.5 Å². The molecule has 0 atom stereocenters. The molecule has 0 spiro atoms. The van der Waals surface area contributed by atoms with Crippen LogP contribution in [0, 0.1) is 0 Å². The van der Waals surface area contributed by atoms with Gasteiger partial charge in [-0.05, 0) is 6.92 Å². The fourth-order valence-electron chi connectivity index (χ4n) is 1.25. The van der Waals surface area contributed by atoms with E-state index in [1.54, 1.807) is 25.2 Å². The molecular weight excluding hydrogens is 208 g/mol. The van der Waals surface area contributed by atoms with Gasteiger partial charge in [-0.25, -0.2) is 9.79 Å². The van der Waals surface area contributed by atoms with Crippen molar-refractivity contribution in [2.45, 2.75) is 13.5 Å². The van der Waals surface area contributed by atoms with Crippen LogP contribution in [0.1, 0.15) is 6.92 Å². The zero-order valence-corrected chi connectivity index (χ0v) is 9.97. The van der Waals surface area contributed by atoms with E-state index in [2.05, 4.69) is 4.99 Å². The van der Waals surface area contributed by atoms with Crippen LogP contribution in [0.4, 0.5) is 5.82 Å². The lowest BCUT2D eigenvalue weighted by atomic mass is 10.5. The Labute approximate surface area is 93.5 Å². The van der Waals surface area contributed by atoms with E-state index in [-0.39, 0.29) is 11.2 Å². The normalized spacial score (nSPS) is 11.0. The van der Waals surface area contributed by atoms with Gasteiger partial charge in [0.15, 0.2) is 0 Å². The van der Waals surface area contributed by atoms with Crippen molar-refractivity contribution in [3.05, 3.63) is 26.9 Å². The van der Waals surface area contributed by atoms with E-state index in [4.69, 9.17) is 0 Å². The third-order valence-corrected chi connectivity index (χ3v) is 2.12. The monoisotopic (exact) mass is 224 g/mol. The van der Waals surface area contributed by atoms with Gasteiger partial charge in [0.25, 0.3) is 5.56 Å². The first kappa shape index (κ1) is 12.2. The van der Waals surface area contributed by atoms with E-state index >= 15 is 0 Å². The second kappa shape index (κ2) is 4.78. The molecule has 0 radical (unpaired) electrons. The van der Waals surface area contributed by atoms with Crippen molar-refractivity contribution < 1.29 is 0 Å². The third kappa shape index (κ3) is 2.39. The summed E-state index contributed by atoms with van der Waals surface area (Å²) in [4.78, 5) is 29.1. The average molecular weight is 224 g/mol. The predicted molar refractivity (Wildman–Crippen MR) is 63.5 cm³/mol. The Balaban J connectivity index is 3.35. The molecule has 0 amide bonds. The first-order valence-electron chi connectivity index (χ1n) is 4.99. The summed E-state index contributed by atoms with van der Waals surface area (Å²) in [5, 5.41) is 0. The molecule has 1 aromatic rings. The SMILES string of the molecule is CCn1c(=O)cc(/N=C/N(C)C)n(C)c1=O. The molecule has 0 fully saturated rings. The topological polar surface area (TPSA) is 59.6 Å². The van der Waals surface area contributed by atoms with Gasteiger partial charge < -0.3 is 4.90 Å². The van der Waals surface area contributed by atoms with Gasteiger partial charge in [-0.2, -0.15) is 0 Å². The van der Waals surface area contributed by atoms with E-state index in [0.29, 0.717) is 12.4 Å². The van der Waals surface area contributed by atoms with E-state index in [9.17, 15) is 9.59 Å². The molecule has 1 rings (SSSR count). The van der Waals surface area contributed by atoms with Crippen LogP contribution >= 0.6 is 0 Å². The number of nitrogens with zero attached hydrogens (tertiary/aromatic N) is 4. The molecule has 0 N–H and O–H groups in total. The maximum absolute atomic E-state index is 11.7. The van der Waals surface area contributed by atoms with Crippen LogP contribution in [-0.2, 0) is 13.6 Å². The quantitative estimate of drug-likeness (QED) is 0.527. The Morgan fingerprint density at radius 3 is 2.56 bits per heavy atom. The first-order chi connectivity index (χ1) is 7.47. The first-order valence-corrected chi connectivity index (χ1v) is 4.99. The van der Waals surface area contributed by atoms with Crippen molar-refractivity contribution >= 4 is 12.2 Å². The predicted octanol–water partition coefficient (Wildman–Crippen LogP) is -0.212. The largest absolute Gasteiger partial charge is 0.369 e. The van der Waals surface area contributed by atoms with Gasteiger partial charge in [-0.1, -0.05) is 0 Å². The van der Waals surface area contributed by atoms with E-state index in [1.807, 2.05) is 14.1 Å². The van der Waals surface area contributed by atoms with Gasteiger partial charge in [-0.15, -0.1) is 0 Å². The van der Waals surface area contributed by atoms with Gasteiger partial charge in [0.05, 0.1) is 6.34 Å². The van der Waals surface area contributed by atoms with Crippen LogP contribution < -0.4 is 11.2 Å². The highest BCUT2D eigenvalue weighted by Gasteiger charge is 2.05. The maximum atomic E-state index is 11.7. The van der Waals surface area contributed by atoms with Crippen LogP contribution in [0.2, 0.25) is 0 Å². The summed E-state index contributed by atoms with van der Waals surface area (Å²) in [6, 6.07) is 1.35. The number of hydrogen-bond donors (Lipinski definition) is 0. The molecule has 16 heavy (non-hydrogen) atoms. The van der Waals surface area contributed by atoms with Crippen molar-refractivity contribution in [2.75, 3.05) is 14.1 Å². The molecule has 0 unspecified atom stereocenters. The highest BCUT2D eigenvalue weighted by atomic mass is 16.2. The fourth-order valence-corrected chi connectivity index (χ4v) is 1.25. The Hall–Kier alpha value is -1.85. The molecule has 1 aromatic heterocycles. The lowest BCUT2D eigenvalue weighted by Gasteiger charge is -2.08. The molecule has 0 bridgehead atoms. The number of rotatable bonds is 3. The summed E-state index contributed by atoms with van der Waals surface area (Å²) < 4.78 is 2.51. The van der Waals surface area contributed by atoms with E-state index < -0.39 is 0 Å². The molecule has 0 aliphatic heterocycles. The summed E-state index contributed by atoms with van der Waals surface area (Å²) in [6.07, 6.45) is 1.55. The minimum Gasteiger partial charge on any atom is -0.369 e. The average Bonchev–Trinajstić information content (AvgIpc) is 2.22. The Morgan fingerprint density at radius 1 is 1.44 bits per heavy atom. The summed E-state index contributed by atoms with van der Waals surface area (Å²) in [7, 11) is 5.22. The summed E-state index contributed by atoms with van der Waals surface area (Å²) in [5.41, 5.74) is -0.669. The molecule has 0 saturated carbocycles. The Bertz CT molecular complexity index is 511. The molecule has 0 aliphatic rings. The van der Waals surface area contributed by atoms with Crippen molar-refractivity contribution in [1.29, 1.82) is 0 Å². The van der Waals surface area contributed by atoms with Crippen molar-refractivity contribution in [3.8, 4) is 0 Å². The lowest BCUT2D eigenvalue weighted by Crippen LogP contribution is -2.37. The zero-order valence-electron chi connectivity index (χ0n) is 9.97. The van der Waals surface area contributed by atoms with Crippen molar-refractivity contribution in [2.24, 2.45) is 12.0 Å². The second-order valence-electron chi connectivity index (χ2n) is 3.63. The van der Waals surface area contributed by atoms with Crippen molar-refractivity contribution in [1.82, 2.24) is 14.0 Å². The molecule has 88 valence electrons. The van der Waals surface area contributed by atoms with Gasteiger partial charge in [0.2, 0.25) is 0 Å². The van der Waals surface area contributed by atoms with Crippen LogP contribution in [0.25, 0.3) is 0 Å². The number of aromatic nitrogens is 2. The second-order valence-corrected chi connectivity index (χ2v) is 3.63. The van der Waals surface area contributed by atoms with Crippen molar-refractivity contribution in [3.63, 3.8) is 0 Å². The highest BCUT2D eigenvalue weighted by Crippen LogP contribution is 2.02. The Kier molecular flexibility index (Phi) is 3.65. The molecule has 0 aliphatic carbocycles. The summed E-state index contributed by atoms with van der Waals surface area (Å²) >= 11 is 0. The Morgan fingerprint density at radius 2 is 2.06 bits per heavy atom. The van der Waals surface area contributed by atoms with Crippen LogP contribution in [0.5, 0.6) is 0 Å². The lowest BCUT2D eigenvalue weighted by molar-refractivity contribution is 0.619. The van der Waals surface area contributed by atoms with Crippen LogP contribution in [0.3, 0.4) is 0 Å². The summed E-state index contributed by atoms with van der Waals surface area (Å²) in [5.74, 6) is 0.355. The molecule has 0 aromatic carbocycles. The number of hydrogen-bond acceptors (Lipinski definition) is 3. The molecule has 6 heteroatoms. The number of aliphatic imine (C=N–C) groups is 1. The molecule has 0 saturated heterocycles. The van der Waals surface area contributed by atoms with Gasteiger partial charge in [0.1, 0.15) is 5.82 Å². The van der Waals surface area contributed by atoms with E-state index in [0.717, 1.165) is 4.57 Å². The third-order valence-electron chi connectivity index (χ3n) is 2.12. The van der Waals surface area contributed by atoms with Gasteiger partial charge >= 0.3 is 5.69 Å². The fraction of sp³-hybridized carbons (Fsp3) is 0.500. The van der Waals surface area contributed by atoms with Crippen LogP contribution in [0.15, 0.2) is 20.6 Å². The highest BCUT2D eigenvalue weighted by molar-refractivity contribution is 5.58. The standard InChI is InChI=1S/C10H16N4O2/c1-5-14-9(15)6-8(11-7-12(2)3)13(4)10(14)16/h6-7H,5H2,1-4H3/b11-7+. The smallest absolute Gasteiger partial charge is 0.332 e.